The molecule has 0 spiro atoms. The van der Waals surface area contributed by atoms with Crippen LogP contribution in [0.1, 0.15) is 6.92 Å². The van der Waals surface area contributed by atoms with E-state index in [1.807, 2.05) is 0 Å². The maximum absolute atomic E-state index is 11.0. The van der Waals surface area contributed by atoms with Crippen molar-refractivity contribution in [2.75, 3.05) is 7.11 Å². The van der Waals surface area contributed by atoms with E-state index < -0.39 is 11.0 Å². The Balaban J connectivity index is 3.05. The number of methoxy groups -OCH3 is 1. The smallest absolute Gasteiger partial charge is 0.327 e. The highest BCUT2D eigenvalue weighted by molar-refractivity contribution is 5.87. The van der Waals surface area contributed by atoms with Gasteiger partial charge in [0.2, 0.25) is 0 Å². The number of nitrogens with zero attached hydrogens (tertiary/aromatic N) is 3. The van der Waals surface area contributed by atoms with Crippen molar-refractivity contribution in [1.29, 1.82) is 0 Å². The zero-order chi connectivity index (χ0) is 10.0. The molecule has 7 heteroatoms. The fourth-order valence-corrected chi connectivity index (χ4v) is 0.878. The highest BCUT2D eigenvalue weighted by Gasteiger charge is 2.39. The van der Waals surface area contributed by atoms with Crippen LogP contribution in [-0.4, -0.2) is 28.8 Å². The van der Waals surface area contributed by atoms with Crippen LogP contribution >= 0.6 is 0 Å². The van der Waals surface area contributed by atoms with Crippen molar-refractivity contribution in [3.05, 3.63) is 26.8 Å². The molecular formula is C6H8N3O4+. The summed E-state index contributed by atoms with van der Waals surface area (Å²) in [7, 11) is 1.29. The maximum Gasteiger partial charge on any atom is 0.327 e. The highest BCUT2D eigenvalue weighted by Crippen LogP contribution is 2.12. The van der Waals surface area contributed by atoms with Gasteiger partial charge in [-0.25, -0.2) is 0 Å². The third-order valence-electron chi connectivity index (χ3n) is 1.65. The van der Waals surface area contributed by atoms with Crippen molar-refractivity contribution in [3.8, 4) is 0 Å². The molecule has 1 aliphatic heterocycles. The fraction of sp³-hybridized carbons (Fsp3) is 0.500. The second kappa shape index (κ2) is 3.30. The Morgan fingerprint density at radius 2 is 2.38 bits per heavy atom. The van der Waals surface area contributed by atoms with Gasteiger partial charge in [0.25, 0.3) is 5.90 Å². The molecule has 0 aromatic heterocycles. The van der Waals surface area contributed by atoms with Crippen LogP contribution in [-0.2, 0) is 4.74 Å². The minimum atomic E-state index is -0.881. The summed E-state index contributed by atoms with van der Waals surface area (Å²) in [6.45, 7) is 1.40. The summed E-state index contributed by atoms with van der Waals surface area (Å²) in [4.78, 5) is 21.0. The molecule has 0 bridgehead atoms. The molecule has 13 heavy (non-hydrogen) atoms. The second-order valence-corrected chi connectivity index (χ2v) is 2.45. The summed E-state index contributed by atoms with van der Waals surface area (Å²) in [5, 5.41) is 13.8. The predicted molar refractivity (Wildman–Crippen MR) is 42.6 cm³/mol. The molecular weight excluding hydrogens is 178 g/mol. The number of hydrogen-bond acceptors (Lipinski definition) is 4. The van der Waals surface area contributed by atoms with Crippen molar-refractivity contribution in [1.82, 2.24) is 0 Å². The van der Waals surface area contributed by atoms with Gasteiger partial charge in [-0.2, -0.15) is 0 Å². The molecule has 70 valence electrons. The first-order valence-corrected chi connectivity index (χ1v) is 3.51. The first-order valence-electron chi connectivity index (χ1n) is 3.51. The minimum Gasteiger partial charge on any atom is -0.477 e. The summed E-state index contributed by atoms with van der Waals surface area (Å²) in [6, 6.07) is -0.881. The van der Waals surface area contributed by atoms with Crippen LogP contribution in [0.4, 0.5) is 0 Å². The summed E-state index contributed by atoms with van der Waals surface area (Å²) >= 11 is 0. The lowest BCUT2D eigenvalue weighted by Gasteiger charge is -2.03. The van der Waals surface area contributed by atoms with Gasteiger partial charge in [-0.3, -0.25) is 10.1 Å². The zero-order valence-electron chi connectivity index (χ0n) is 7.13. The number of nitro groups is 1. The van der Waals surface area contributed by atoms with E-state index in [-0.39, 0.29) is 16.5 Å². The summed E-state index contributed by atoms with van der Waals surface area (Å²) in [5.74, 6) is -0.0557. The standard InChI is InChI=1S/C6H8N3O4/c1-4-5(9(11)12)3-6(13-2)7-8(4)10/h3-4H,1-2H3/q+1. The minimum absolute atomic E-state index is 0.0557. The summed E-state index contributed by atoms with van der Waals surface area (Å²) in [5.41, 5.74) is -0.221. The monoisotopic (exact) mass is 186 g/mol. The zero-order valence-corrected chi connectivity index (χ0v) is 7.13. The fourth-order valence-electron chi connectivity index (χ4n) is 0.878. The molecule has 1 aliphatic rings. The average molecular weight is 186 g/mol. The van der Waals surface area contributed by atoms with Gasteiger partial charge in [0.1, 0.15) is 0 Å². The molecule has 0 aromatic carbocycles. The van der Waals surface area contributed by atoms with Crippen LogP contribution in [0, 0.1) is 15.0 Å². The number of nitroso groups, excluding NO2 is 1. The van der Waals surface area contributed by atoms with Crippen molar-refractivity contribution in [2.24, 2.45) is 5.10 Å². The third-order valence-corrected chi connectivity index (χ3v) is 1.65. The molecule has 0 saturated heterocycles. The first-order chi connectivity index (χ1) is 6.06. The Morgan fingerprint density at radius 3 is 2.85 bits per heavy atom. The Morgan fingerprint density at radius 1 is 1.77 bits per heavy atom. The van der Waals surface area contributed by atoms with Gasteiger partial charge in [-0.05, 0) is 0 Å². The number of ether oxygens (including phenoxy) is 1. The molecule has 7 nitrogen and oxygen atoms in total. The SMILES string of the molecule is COC1=N[N+](=O)C(C)C([N+](=O)[O-])=C1. The van der Waals surface area contributed by atoms with Crippen molar-refractivity contribution >= 4 is 5.90 Å². The van der Waals surface area contributed by atoms with Gasteiger partial charge >= 0.3 is 11.7 Å². The van der Waals surface area contributed by atoms with E-state index >= 15 is 0 Å². The molecule has 1 heterocycles. The lowest BCUT2D eigenvalue weighted by molar-refractivity contribution is -0.608. The molecule has 0 saturated carbocycles. The van der Waals surface area contributed by atoms with Crippen molar-refractivity contribution < 1.29 is 14.5 Å². The number of hydrogen-bond donors (Lipinski definition) is 0. The van der Waals surface area contributed by atoms with Crippen LogP contribution in [0.5, 0.6) is 0 Å². The van der Waals surface area contributed by atoms with E-state index in [9.17, 15) is 15.0 Å². The van der Waals surface area contributed by atoms with Crippen molar-refractivity contribution in [2.45, 2.75) is 13.0 Å². The second-order valence-electron chi connectivity index (χ2n) is 2.45. The van der Waals surface area contributed by atoms with Gasteiger partial charge in [-0.1, -0.05) is 0 Å². The molecule has 0 aliphatic carbocycles. The molecule has 1 atom stereocenters. The van der Waals surface area contributed by atoms with E-state index in [4.69, 9.17) is 0 Å². The Hall–Kier alpha value is -1.79. The predicted octanol–water partition coefficient (Wildman–Crippen LogP) is 0.288. The van der Waals surface area contributed by atoms with Crippen LogP contribution in [0.15, 0.2) is 16.9 Å². The lowest BCUT2D eigenvalue weighted by atomic mass is 10.2. The van der Waals surface area contributed by atoms with Gasteiger partial charge in [0.05, 0.1) is 28.1 Å². The van der Waals surface area contributed by atoms with Crippen LogP contribution in [0.25, 0.3) is 0 Å². The molecule has 0 radical (unpaired) electrons. The normalized spacial score (nSPS) is 22.0. The van der Waals surface area contributed by atoms with Crippen LogP contribution in [0.3, 0.4) is 0 Å². The quantitative estimate of drug-likeness (QED) is 0.334. The third kappa shape index (κ3) is 1.68. The Labute approximate surface area is 73.4 Å². The van der Waals surface area contributed by atoms with Gasteiger partial charge in [-0.15, -0.1) is 0 Å². The number of rotatable bonds is 1. The van der Waals surface area contributed by atoms with E-state index in [0.717, 1.165) is 6.08 Å². The van der Waals surface area contributed by atoms with Crippen molar-refractivity contribution in [3.63, 3.8) is 0 Å². The number of hydrazone groups is 1. The van der Waals surface area contributed by atoms with Crippen LogP contribution in [0.2, 0.25) is 0 Å². The van der Waals surface area contributed by atoms with Gasteiger partial charge in [0, 0.05) is 6.92 Å². The lowest BCUT2D eigenvalue weighted by Crippen LogP contribution is -2.29. The van der Waals surface area contributed by atoms with E-state index in [1.54, 1.807) is 0 Å². The summed E-state index contributed by atoms with van der Waals surface area (Å²) < 4.78 is 4.62. The molecule has 0 amide bonds. The molecule has 0 fully saturated rings. The Bertz CT molecular complexity index is 320. The van der Waals surface area contributed by atoms with E-state index in [2.05, 4.69) is 9.84 Å². The molecule has 1 unspecified atom stereocenters. The van der Waals surface area contributed by atoms with E-state index in [1.165, 1.54) is 14.0 Å². The topological polar surface area (TPSA) is 84.8 Å². The maximum atomic E-state index is 11.0. The average Bonchev–Trinajstić information content (AvgIpc) is 2.09. The highest BCUT2D eigenvalue weighted by atomic mass is 16.6. The van der Waals surface area contributed by atoms with Gasteiger partial charge < -0.3 is 4.74 Å². The van der Waals surface area contributed by atoms with Crippen LogP contribution < -0.4 is 0 Å². The summed E-state index contributed by atoms with van der Waals surface area (Å²) in [6.07, 6.45) is 1.14. The largest absolute Gasteiger partial charge is 0.477 e. The molecule has 0 N–H and O–H groups in total. The molecule has 0 aromatic rings. The van der Waals surface area contributed by atoms with Gasteiger partial charge in [0.15, 0.2) is 4.87 Å². The Kier molecular flexibility index (Phi) is 2.36. The van der Waals surface area contributed by atoms with E-state index in [0.29, 0.717) is 0 Å². The first kappa shape index (κ1) is 9.30. The molecule has 1 rings (SSSR count).